The van der Waals surface area contributed by atoms with Gasteiger partial charge in [0.25, 0.3) is 5.91 Å². The van der Waals surface area contributed by atoms with Gasteiger partial charge in [0.05, 0.1) is 81.9 Å². The number of methoxy groups -OCH3 is 4. The van der Waals surface area contributed by atoms with Gasteiger partial charge in [-0.25, -0.2) is 24.7 Å². The lowest BCUT2D eigenvalue weighted by Gasteiger charge is -2.33. The van der Waals surface area contributed by atoms with Crippen molar-refractivity contribution in [3.8, 4) is 17.2 Å². The molecule has 0 aliphatic carbocycles. The lowest BCUT2D eigenvalue weighted by atomic mass is 9.94. The van der Waals surface area contributed by atoms with E-state index in [1.807, 2.05) is 88.8 Å². The van der Waals surface area contributed by atoms with E-state index in [0.29, 0.717) is 99.3 Å². The Kier molecular flexibility index (Phi) is 33.0. The van der Waals surface area contributed by atoms with Crippen LogP contribution in [0.25, 0.3) is 0 Å². The minimum atomic E-state index is -0.611. The molecule has 4 atom stereocenters. The normalized spacial score (nSPS) is 16.6. The number of hydrogen-bond acceptors (Lipinski definition) is 23. The van der Waals surface area contributed by atoms with Crippen LogP contribution in [0.5, 0.6) is 17.2 Å². The van der Waals surface area contributed by atoms with E-state index in [-0.39, 0.29) is 91.0 Å². The van der Waals surface area contributed by atoms with E-state index in [1.165, 1.54) is 28.4 Å². The van der Waals surface area contributed by atoms with Crippen LogP contribution in [0, 0.1) is 11.8 Å². The van der Waals surface area contributed by atoms with Crippen LogP contribution < -0.4 is 25.0 Å². The van der Waals surface area contributed by atoms with Crippen molar-refractivity contribution >= 4 is 89.4 Å². The van der Waals surface area contributed by atoms with Crippen LogP contribution >= 0.6 is 47.8 Å². The van der Waals surface area contributed by atoms with Gasteiger partial charge >= 0.3 is 23.9 Å². The van der Waals surface area contributed by atoms with E-state index in [0.717, 1.165) is 95.8 Å². The summed E-state index contributed by atoms with van der Waals surface area (Å²) in [6.45, 7) is 4.97. The van der Waals surface area contributed by atoms with E-state index >= 15 is 0 Å². The van der Waals surface area contributed by atoms with Crippen LogP contribution in [0.15, 0.2) is 198 Å². The van der Waals surface area contributed by atoms with Crippen molar-refractivity contribution in [1.29, 1.82) is 0 Å². The predicted octanol–water partition coefficient (Wildman–Crippen LogP) is 13.4. The van der Waals surface area contributed by atoms with Crippen molar-refractivity contribution in [2.24, 2.45) is 11.8 Å². The number of nitrogens with one attached hydrogen (secondary N) is 2. The number of carbonyl (C=O) groups excluding carboxylic acids is 7. The molecule has 598 valence electrons. The maximum atomic E-state index is 13.4. The minimum absolute atomic E-state index is 0.0564. The third-order valence-corrected chi connectivity index (χ3v) is 21.8. The number of fused-ring (bicyclic) bond motifs is 3. The summed E-state index contributed by atoms with van der Waals surface area (Å²) in [5.74, 6) is -0.0996. The van der Waals surface area contributed by atoms with Gasteiger partial charge in [0.1, 0.15) is 37.1 Å². The molecule has 4 aromatic heterocycles. The summed E-state index contributed by atoms with van der Waals surface area (Å²) >= 11 is 10.2. The number of carbonyl (C=O) groups is 7. The highest BCUT2D eigenvalue weighted by Gasteiger charge is 2.37. The van der Waals surface area contributed by atoms with Crippen LogP contribution in [-0.4, -0.2) is 163 Å². The topological polar surface area (TPSA) is 325 Å². The van der Waals surface area contributed by atoms with Gasteiger partial charge in [0.2, 0.25) is 11.8 Å². The number of aromatic nitrogens is 4. The molecule has 5 aliphatic rings. The molecule has 114 heavy (non-hydrogen) atoms. The zero-order valence-corrected chi connectivity index (χ0v) is 68.1. The van der Waals surface area contributed by atoms with E-state index in [2.05, 4.69) is 77.8 Å². The quantitative estimate of drug-likeness (QED) is 0.0229. The number of alkyl halides is 1. The highest BCUT2D eigenvalue weighted by molar-refractivity contribution is 9.11. The van der Waals surface area contributed by atoms with E-state index < -0.39 is 11.9 Å². The molecule has 14 rings (SSSR count). The summed E-state index contributed by atoms with van der Waals surface area (Å²) in [7, 11) is 5.45. The SMILES string of the molecule is COC(=O)c1ccc(CBr)c(Br)c1.COC(=O)c1ccc(CCC(CO)c2cccnc2)c(Br)c1.COC(=O)c1ccc2c(c1)OCC(c1cccnc1)NC2.COC(=O)c1ccc2c(c1)OC[C@@H](c1cccnc1)N(C(=O)C1CCOCC1)C2.O=C(NO)c1ccc2c(c1)OC[C@@H](c1cccnc1)N(C(=O)C1CCOCC1)C2. The molecular formula is C85H89Br3N8O18. The summed E-state index contributed by atoms with van der Waals surface area (Å²) in [4.78, 5) is 105. The van der Waals surface area contributed by atoms with Crippen molar-refractivity contribution in [3.05, 3.63) is 276 Å². The number of aliphatic hydroxyl groups is 1. The third kappa shape index (κ3) is 23.4. The lowest BCUT2D eigenvalue weighted by Crippen LogP contribution is -2.41. The Balaban J connectivity index is 0.000000154. The number of esters is 4. The number of halogens is 3. The molecule has 0 saturated carbocycles. The summed E-state index contributed by atoms with van der Waals surface area (Å²) in [5, 5.41) is 22.7. The molecule has 29 heteroatoms. The van der Waals surface area contributed by atoms with Gasteiger partial charge in [-0.15, -0.1) is 0 Å². The number of nitrogens with zero attached hydrogens (tertiary/aromatic N) is 6. The molecule has 0 radical (unpaired) electrons. The fourth-order valence-corrected chi connectivity index (χ4v) is 15.2. The molecule has 2 unspecified atom stereocenters. The molecule has 9 heterocycles. The first kappa shape index (κ1) is 86.0. The highest BCUT2D eigenvalue weighted by atomic mass is 79.9. The predicted molar refractivity (Wildman–Crippen MR) is 430 cm³/mol. The fourth-order valence-electron chi connectivity index (χ4n) is 13.3. The first-order valence-electron chi connectivity index (χ1n) is 36.8. The molecule has 5 aliphatic heterocycles. The third-order valence-electron chi connectivity index (χ3n) is 19.7. The van der Waals surface area contributed by atoms with Crippen LogP contribution in [0.3, 0.4) is 0 Å². The molecule has 3 amide bonds. The van der Waals surface area contributed by atoms with Crippen molar-refractivity contribution in [3.63, 3.8) is 0 Å². The van der Waals surface area contributed by atoms with Crippen LogP contribution in [-0.2, 0) is 69.4 Å². The monoisotopic (exact) mass is 1750 g/mol. The van der Waals surface area contributed by atoms with E-state index in [9.17, 15) is 38.7 Å². The molecule has 5 aromatic carbocycles. The lowest BCUT2D eigenvalue weighted by molar-refractivity contribution is -0.143. The average Bonchev–Trinajstić information content (AvgIpc) is 1.55. The maximum Gasteiger partial charge on any atom is 0.337 e. The van der Waals surface area contributed by atoms with E-state index in [1.54, 1.807) is 116 Å². The fraction of sp³-hybridized carbons (Fsp3) is 0.329. The maximum absolute atomic E-state index is 13.4. The second-order valence-corrected chi connectivity index (χ2v) is 29.1. The van der Waals surface area contributed by atoms with Gasteiger partial charge in [-0.1, -0.05) is 102 Å². The molecule has 2 saturated heterocycles. The first-order chi connectivity index (χ1) is 55.4. The number of ether oxygens (including phenoxy) is 9. The number of pyridine rings is 4. The van der Waals surface area contributed by atoms with Crippen molar-refractivity contribution in [2.75, 3.05) is 81.3 Å². The Bertz CT molecular complexity index is 4560. The Labute approximate surface area is 685 Å². The molecule has 0 bridgehead atoms. The number of amides is 3. The molecule has 26 nitrogen and oxygen atoms in total. The standard InChI is InChI=1S/C22H24N2O5.C21H23N3O5.C17H18BrNO3.C16H16N2O3.C9H8Br2O2/c1-27-22(26)16-4-5-18-13-24(21(25)15-6-9-28-10-7-15)19(14-29-20(18)11-16)17-3-2-8-23-12-17;25-20(23-27)15-3-4-17-12-24(21(26)14-5-8-28-9-6-14)18(13-29-19(17)10-15)16-2-1-7-22-11-16;1-22-17(21)13-6-4-12(16(18)9-13)5-7-15(11-20)14-3-2-8-19-10-14;1-20-16(19)11-4-5-13-9-18-14(10-21-15(13)7-11)12-3-2-6-17-8-12;1-13-9(12)6-2-3-7(5-10)8(11)4-6/h2-5,8,11-12,15,19H,6-7,9-10,13-14H2,1H3;1-4,7,10-11,14,18,27H,5-6,8-9,12-13H2,(H,23,25);2-4,6,8-10,15,20H,5,7,11H2,1H3;2-8,14,18H,9-10H2,1H3;2-4H,5H2,1H3/t19-;18-;;;/m00.../s1. The Morgan fingerprint density at radius 1 is 0.509 bits per heavy atom. The van der Waals surface area contributed by atoms with Gasteiger partial charge in [-0.3, -0.25) is 39.5 Å². The summed E-state index contributed by atoms with van der Waals surface area (Å²) in [6, 6.07) is 41.2. The summed E-state index contributed by atoms with van der Waals surface area (Å²) < 4.78 is 49.4. The molecular weight excluding hydrogens is 1660 g/mol. The first-order valence-corrected chi connectivity index (χ1v) is 39.5. The second-order valence-electron chi connectivity index (χ2n) is 26.8. The molecule has 2 fully saturated rings. The smallest absolute Gasteiger partial charge is 0.337 e. The molecule has 4 N–H and O–H groups in total. The summed E-state index contributed by atoms with van der Waals surface area (Å²) in [5.41, 5.74) is 12.7. The van der Waals surface area contributed by atoms with Crippen molar-refractivity contribution in [2.45, 2.75) is 87.5 Å². The Morgan fingerprint density at radius 2 is 0.912 bits per heavy atom. The largest absolute Gasteiger partial charge is 0.491 e. The number of aliphatic hydroxyl groups excluding tert-OH is 1. The van der Waals surface area contributed by atoms with Crippen LogP contribution in [0.2, 0.25) is 0 Å². The van der Waals surface area contributed by atoms with Gasteiger partial charge < -0.3 is 62.9 Å². The van der Waals surface area contributed by atoms with Gasteiger partial charge in [-0.05, 0) is 157 Å². The zero-order valence-electron chi connectivity index (χ0n) is 63.3. The van der Waals surface area contributed by atoms with Crippen LogP contribution in [0.4, 0.5) is 0 Å². The zero-order chi connectivity index (χ0) is 80.9. The van der Waals surface area contributed by atoms with Gasteiger partial charge in [0.15, 0.2) is 0 Å². The average molecular weight is 1750 g/mol. The highest BCUT2D eigenvalue weighted by Crippen LogP contribution is 2.38. The van der Waals surface area contributed by atoms with Crippen molar-refractivity contribution in [1.82, 2.24) is 40.5 Å². The second kappa shape index (κ2) is 43.8. The molecule has 9 aromatic rings. The Hall–Kier alpha value is -10.4. The van der Waals surface area contributed by atoms with Gasteiger partial charge in [0, 0.05) is 143 Å². The summed E-state index contributed by atoms with van der Waals surface area (Å²) in [6.07, 6.45) is 18.5. The Morgan fingerprint density at radius 3 is 1.33 bits per heavy atom. The van der Waals surface area contributed by atoms with Crippen molar-refractivity contribution < 1.29 is 86.5 Å². The van der Waals surface area contributed by atoms with Crippen LogP contribution in [0.1, 0.15) is 158 Å². The number of hydrogen-bond donors (Lipinski definition) is 4. The van der Waals surface area contributed by atoms with Gasteiger partial charge in [-0.2, -0.15) is 0 Å². The number of hydroxylamine groups is 1. The number of aryl methyl sites for hydroxylation is 1. The number of benzene rings is 5. The van der Waals surface area contributed by atoms with E-state index in [4.69, 9.17) is 43.1 Å². The minimum Gasteiger partial charge on any atom is -0.491 e. The number of rotatable bonds is 16. The molecule has 0 spiro atoms.